The molecular formula is C14H19Cl2FN2O. The fourth-order valence-electron chi connectivity index (χ4n) is 2.35. The van der Waals surface area contributed by atoms with Crippen LogP contribution in [0.15, 0.2) is 18.2 Å². The Morgan fingerprint density at radius 2 is 2.30 bits per heavy atom. The number of rotatable bonds is 3. The molecule has 2 N–H and O–H groups in total. The zero-order valence-corrected chi connectivity index (χ0v) is 12.9. The number of carbonyl (C=O) groups is 1. The maximum atomic E-state index is 13.6. The van der Waals surface area contributed by atoms with E-state index in [1.54, 1.807) is 6.07 Å². The highest BCUT2D eigenvalue weighted by atomic mass is 35.5. The van der Waals surface area contributed by atoms with E-state index in [4.69, 9.17) is 11.6 Å². The molecule has 1 aromatic carbocycles. The van der Waals surface area contributed by atoms with Crippen molar-refractivity contribution < 1.29 is 9.18 Å². The van der Waals surface area contributed by atoms with E-state index in [9.17, 15) is 9.18 Å². The summed E-state index contributed by atoms with van der Waals surface area (Å²) in [6.07, 6.45) is 0.889. The summed E-state index contributed by atoms with van der Waals surface area (Å²) in [5, 5.41) is 6.54. The highest BCUT2D eigenvalue weighted by molar-refractivity contribution is 6.31. The molecule has 6 heteroatoms. The molecular weight excluding hydrogens is 302 g/mol. The van der Waals surface area contributed by atoms with Crippen LogP contribution >= 0.6 is 24.0 Å². The Morgan fingerprint density at radius 1 is 1.55 bits per heavy atom. The molecule has 1 aromatic rings. The summed E-state index contributed by atoms with van der Waals surface area (Å²) < 4.78 is 13.6. The highest BCUT2D eigenvalue weighted by Gasteiger charge is 2.23. The van der Waals surface area contributed by atoms with Crippen molar-refractivity contribution in [2.45, 2.75) is 25.8 Å². The van der Waals surface area contributed by atoms with Gasteiger partial charge >= 0.3 is 0 Å². The number of nitrogens with one attached hydrogen (secondary N) is 2. The van der Waals surface area contributed by atoms with E-state index in [-0.39, 0.29) is 36.3 Å². The van der Waals surface area contributed by atoms with Crippen LogP contribution in [0.3, 0.4) is 0 Å². The Bertz CT molecular complexity index is 450. The first-order valence-corrected chi connectivity index (χ1v) is 6.88. The molecule has 0 aromatic heterocycles. The molecule has 112 valence electrons. The number of hydrogen-bond acceptors (Lipinski definition) is 2. The van der Waals surface area contributed by atoms with E-state index in [1.165, 1.54) is 12.1 Å². The number of benzene rings is 1. The molecule has 3 nitrogen and oxygen atoms in total. The zero-order chi connectivity index (χ0) is 13.8. The fourth-order valence-corrected chi connectivity index (χ4v) is 2.58. The first kappa shape index (κ1) is 17.2. The third-order valence-corrected chi connectivity index (χ3v) is 3.88. The lowest BCUT2D eigenvalue weighted by Crippen LogP contribution is -2.48. The molecule has 1 fully saturated rings. The Morgan fingerprint density at radius 3 is 2.95 bits per heavy atom. The van der Waals surface area contributed by atoms with Gasteiger partial charge in [0.2, 0.25) is 5.91 Å². The van der Waals surface area contributed by atoms with Gasteiger partial charge in [0.1, 0.15) is 5.82 Å². The highest BCUT2D eigenvalue weighted by Crippen LogP contribution is 2.19. The second-order valence-electron chi connectivity index (χ2n) is 5.02. The third-order valence-electron chi connectivity index (χ3n) is 3.53. The molecule has 1 aliphatic heterocycles. The molecule has 1 heterocycles. The Labute approximate surface area is 129 Å². The van der Waals surface area contributed by atoms with Gasteiger partial charge in [0.05, 0.1) is 6.42 Å². The summed E-state index contributed by atoms with van der Waals surface area (Å²) in [6, 6.07) is 4.61. The van der Waals surface area contributed by atoms with Crippen molar-refractivity contribution in [3.63, 3.8) is 0 Å². The summed E-state index contributed by atoms with van der Waals surface area (Å²) in [5.74, 6) is -0.222. The maximum Gasteiger partial charge on any atom is 0.224 e. The minimum atomic E-state index is -0.430. The van der Waals surface area contributed by atoms with Gasteiger partial charge in [-0.25, -0.2) is 4.39 Å². The van der Waals surface area contributed by atoms with Crippen molar-refractivity contribution >= 4 is 29.9 Å². The van der Waals surface area contributed by atoms with Crippen molar-refractivity contribution in [3.05, 3.63) is 34.6 Å². The van der Waals surface area contributed by atoms with Gasteiger partial charge in [-0.05, 0) is 37.6 Å². The van der Waals surface area contributed by atoms with Crippen molar-refractivity contribution in [3.8, 4) is 0 Å². The Balaban J connectivity index is 0.00000200. The van der Waals surface area contributed by atoms with Gasteiger partial charge in [0.25, 0.3) is 0 Å². The topological polar surface area (TPSA) is 41.1 Å². The molecule has 0 radical (unpaired) electrons. The average molecular weight is 321 g/mol. The molecule has 0 spiro atoms. The summed E-state index contributed by atoms with van der Waals surface area (Å²) >= 11 is 5.92. The Hall–Kier alpha value is -0.840. The zero-order valence-electron chi connectivity index (χ0n) is 11.3. The van der Waals surface area contributed by atoms with E-state index >= 15 is 0 Å². The summed E-state index contributed by atoms with van der Waals surface area (Å²) in [7, 11) is 0. The molecule has 1 amide bonds. The van der Waals surface area contributed by atoms with E-state index in [1.807, 2.05) is 0 Å². The van der Waals surface area contributed by atoms with E-state index in [2.05, 4.69) is 17.6 Å². The Kier molecular flexibility index (Phi) is 6.72. The maximum absolute atomic E-state index is 13.6. The minimum absolute atomic E-state index is 0. The number of halogens is 3. The average Bonchev–Trinajstić information content (AvgIpc) is 2.37. The molecule has 2 unspecified atom stereocenters. The molecule has 0 aliphatic carbocycles. The number of piperidine rings is 1. The monoisotopic (exact) mass is 320 g/mol. The summed E-state index contributed by atoms with van der Waals surface area (Å²) in [5.41, 5.74) is 0.267. The quantitative estimate of drug-likeness (QED) is 0.898. The second kappa shape index (κ2) is 7.81. The molecule has 0 saturated carbocycles. The van der Waals surface area contributed by atoms with Gasteiger partial charge in [-0.1, -0.05) is 24.6 Å². The normalized spacial score (nSPS) is 21.9. The van der Waals surface area contributed by atoms with Gasteiger partial charge < -0.3 is 10.6 Å². The number of carbonyl (C=O) groups excluding carboxylic acids is 1. The van der Waals surface area contributed by atoms with E-state index < -0.39 is 5.82 Å². The largest absolute Gasteiger partial charge is 0.353 e. The van der Waals surface area contributed by atoms with Crippen LogP contribution in [0.25, 0.3) is 0 Å². The lowest BCUT2D eigenvalue weighted by atomic mass is 9.95. The SMILES string of the molecule is CC1CNCCC1NC(=O)Cc1c(F)cccc1Cl.Cl. The predicted molar refractivity (Wildman–Crippen MR) is 80.9 cm³/mol. The smallest absolute Gasteiger partial charge is 0.224 e. The lowest BCUT2D eigenvalue weighted by molar-refractivity contribution is -0.121. The van der Waals surface area contributed by atoms with Crippen LogP contribution in [-0.2, 0) is 11.2 Å². The molecule has 2 atom stereocenters. The second-order valence-corrected chi connectivity index (χ2v) is 5.43. The van der Waals surface area contributed by atoms with Crippen molar-refractivity contribution in [1.82, 2.24) is 10.6 Å². The van der Waals surface area contributed by atoms with Crippen molar-refractivity contribution in [1.29, 1.82) is 0 Å². The van der Waals surface area contributed by atoms with Crippen molar-refractivity contribution in [2.24, 2.45) is 5.92 Å². The van der Waals surface area contributed by atoms with E-state index in [0.29, 0.717) is 10.9 Å². The van der Waals surface area contributed by atoms with Gasteiger partial charge in [0.15, 0.2) is 0 Å². The van der Waals surface area contributed by atoms with Gasteiger partial charge in [0, 0.05) is 16.6 Å². The van der Waals surface area contributed by atoms with Crippen LogP contribution in [0.4, 0.5) is 4.39 Å². The predicted octanol–water partition coefficient (Wildman–Crippen LogP) is 2.56. The minimum Gasteiger partial charge on any atom is -0.353 e. The van der Waals surface area contributed by atoms with Crippen LogP contribution in [0.5, 0.6) is 0 Å². The lowest BCUT2D eigenvalue weighted by Gasteiger charge is -2.30. The summed E-state index contributed by atoms with van der Waals surface area (Å²) in [4.78, 5) is 12.0. The van der Waals surface area contributed by atoms with Crippen LogP contribution in [0.2, 0.25) is 5.02 Å². The van der Waals surface area contributed by atoms with Crippen LogP contribution in [0.1, 0.15) is 18.9 Å². The first-order chi connectivity index (χ1) is 9.08. The number of hydrogen-bond donors (Lipinski definition) is 2. The van der Waals surface area contributed by atoms with Gasteiger partial charge in [-0.2, -0.15) is 0 Å². The summed E-state index contributed by atoms with van der Waals surface area (Å²) in [6.45, 7) is 3.88. The van der Waals surface area contributed by atoms with Crippen molar-refractivity contribution in [2.75, 3.05) is 13.1 Å². The standard InChI is InChI=1S/C14H18ClFN2O.ClH/c1-9-8-17-6-5-13(9)18-14(19)7-10-11(15)3-2-4-12(10)16;/h2-4,9,13,17H,5-8H2,1H3,(H,18,19);1H. The van der Waals surface area contributed by atoms with Crippen LogP contribution < -0.4 is 10.6 Å². The molecule has 20 heavy (non-hydrogen) atoms. The fraction of sp³-hybridized carbons (Fsp3) is 0.500. The molecule has 1 aliphatic rings. The van der Waals surface area contributed by atoms with Crippen LogP contribution in [-0.4, -0.2) is 25.0 Å². The third kappa shape index (κ3) is 4.33. The van der Waals surface area contributed by atoms with E-state index in [0.717, 1.165) is 19.5 Å². The van der Waals surface area contributed by atoms with Gasteiger partial charge in [-0.15, -0.1) is 12.4 Å². The number of amides is 1. The molecule has 1 saturated heterocycles. The van der Waals surface area contributed by atoms with Crippen LogP contribution in [0, 0.1) is 11.7 Å². The first-order valence-electron chi connectivity index (χ1n) is 6.51. The molecule has 0 bridgehead atoms. The molecule has 2 rings (SSSR count). The van der Waals surface area contributed by atoms with Gasteiger partial charge in [-0.3, -0.25) is 4.79 Å².